The molecule has 0 N–H and O–H groups in total. The molecule has 22 aliphatic carbocycles. The molecule has 23 unspecified atom stereocenters. The minimum atomic E-state index is 0.0295. The van der Waals surface area contributed by atoms with Crippen LogP contribution in [0, 0.1) is 17.8 Å². The van der Waals surface area contributed by atoms with Crippen LogP contribution in [0.25, 0.3) is 97.3 Å². The van der Waals surface area contributed by atoms with Gasteiger partial charge in [-0.2, -0.15) is 0 Å². The van der Waals surface area contributed by atoms with Crippen molar-refractivity contribution in [2.24, 2.45) is 17.8 Å². The van der Waals surface area contributed by atoms with Crippen LogP contribution in [0.1, 0.15) is 268 Å². The number of benzene rings is 10. The van der Waals surface area contributed by atoms with E-state index >= 15 is 0 Å². The molecule has 1 heterocycles. The fourth-order valence-corrected chi connectivity index (χ4v) is 35.5. The summed E-state index contributed by atoms with van der Waals surface area (Å²) < 4.78 is 0.0596. The van der Waals surface area contributed by atoms with Crippen molar-refractivity contribution >= 4 is 97.9 Å². The van der Waals surface area contributed by atoms with Gasteiger partial charge < -0.3 is 0 Å². The van der Waals surface area contributed by atoms with Gasteiger partial charge in [0.05, 0.1) is 4.75 Å². The third kappa shape index (κ3) is 1.88. The Morgan fingerprint density at radius 2 is 0.747 bits per heavy atom. The van der Waals surface area contributed by atoms with Gasteiger partial charge in [0.2, 0.25) is 0 Å². The van der Waals surface area contributed by atoms with Crippen molar-refractivity contribution in [2.75, 3.05) is 0 Å². The maximum absolute atomic E-state index is 2.90. The Hall–Kier alpha value is -5.37. The van der Waals surface area contributed by atoms with E-state index in [0.717, 1.165) is 5.92 Å². The van der Waals surface area contributed by atoms with Crippen LogP contribution in [0.5, 0.6) is 0 Å². The van der Waals surface area contributed by atoms with Gasteiger partial charge in [-0.05, 0) is 350 Å². The van der Waals surface area contributed by atoms with Crippen molar-refractivity contribution in [3.63, 3.8) is 0 Å². The standard InChI is InChI=1S/C74H40S/c1-3-5-7-11(4-2)10-12-8-6-9-13-72(12)75-74-70-64-58-48-36-28-20-16-14-15-18-22(20)30(36)40-34-26(18)27-19(15)23-21-17(14)25-24(16)32-38(28)46-52-42(32)43-33(25)39-29(21)37-31(23)41-35(27)45-44(34)56(50(40)58)66(70)67-57(45)51(41)59-49(37)55-47(39)53(43)61-60(52)68(62(64)54(46)48)73(13,74)69(61)63(55)65(59)71(67)74/h6,8-9,11,16,18,20,22,24,26,32,34,42-45,53,57,61,63,65,67,69,71H,3-5,7,10H2,1-2H3. The van der Waals surface area contributed by atoms with Crippen LogP contribution in [0.4, 0.5) is 0 Å². The molecule has 342 valence electrons. The predicted octanol–water partition coefficient (Wildman–Crippen LogP) is 17.3. The zero-order valence-electron chi connectivity index (χ0n) is 41.3. The van der Waals surface area contributed by atoms with Crippen molar-refractivity contribution in [1.82, 2.24) is 0 Å². The van der Waals surface area contributed by atoms with Crippen molar-refractivity contribution in [3.05, 3.63) is 141 Å². The summed E-state index contributed by atoms with van der Waals surface area (Å²) in [4.78, 5) is 1.84. The lowest BCUT2D eigenvalue weighted by atomic mass is 9.39. The topological polar surface area (TPSA) is 0 Å². The highest BCUT2D eigenvalue weighted by molar-refractivity contribution is 8.00. The highest BCUT2D eigenvalue weighted by Crippen LogP contribution is 3.01. The lowest BCUT2D eigenvalue weighted by molar-refractivity contribution is 0.0341. The normalized spacial score (nSPS) is 46.0. The van der Waals surface area contributed by atoms with Crippen LogP contribution < -0.4 is 0 Å². The van der Waals surface area contributed by atoms with Crippen molar-refractivity contribution in [2.45, 2.75) is 168 Å². The fourth-order valence-electron chi connectivity index (χ4n) is 33.3. The van der Waals surface area contributed by atoms with Crippen molar-refractivity contribution in [1.29, 1.82) is 0 Å². The highest BCUT2D eigenvalue weighted by atomic mass is 32.2. The number of rotatable bonds is 6. The Bertz CT molecular complexity index is 5580. The van der Waals surface area contributed by atoms with Crippen LogP contribution in [-0.4, -0.2) is 0 Å². The molecule has 0 radical (unpaired) electrons. The van der Waals surface area contributed by atoms with Crippen LogP contribution in [-0.2, 0) is 16.6 Å². The summed E-state index contributed by atoms with van der Waals surface area (Å²) in [7, 11) is 0. The molecule has 23 aliphatic rings. The van der Waals surface area contributed by atoms with Gasteiger partial charge in [-0.25, -0.2) is 0 Å². The van der Waals surface area contributed by atoms with Gasteiger partial charge in [0.15, 0.2) is 0 Å². The maximum Gasteiger partial charge on any atom is 0.0645 e. The predicted molar refractivity (Wildman–Crippen MR) is 294 cm³/mol. The average Bonchev–Trinajstić information content (AvgIpc) is 4.01. The Kier molecular flexibility index (Phi) is 3.27. The van der Waals surface area contributed by atoms with Gasteiger partial charge in [-0.1, -0.05) is 57.7 Å². The van der Waals surface area contributed by atoms with Crippen LogP contribution >= 0.6 is 11.8 Å². The first-order valence-corrected chi connectivity index (χ1v) is 32.2. The molecule has 1 fully saturated rings. The van der Waals surface area contributed by atoms with E-state index in [4.69, 9.17) is 0 Å². The molecule has 75 heavy (non-hydrogen) atoms. The molecule has 11 aromatic carbocycles. The molecule has 34 rings (SSSR count). The number of hydrogen-bond acceptors (Lipinski definition) is 1. The summed E-state index contributed by atoms with van der Waals surface area (Å²) >= 11 is 2.66. The van der Waals surface area contributed by atoms with E-state index in [0.29, 0.717) is 118 Å². The van der Waals surface area contributed by atoms with E-state index in [-0.39, 0.29) is 10.2 Å². The van der Waals surface area contributed by atoms with E-state index < -0.39 is 0 Å². The average molecular weight is 961 g/mol. The minimum absolute atomic E-state index is 0.0295. The quantitative estimate of drug-likeness (QED) is 0.150. The molecule has 1 aliphatic heterocycles. The number of thioether (sulfide) groups is 1. The molecule has 1 heteroatoms. The fraction of sp³-hybridized carbons (Fsp3) is 0.405. The Morgan fingerprint density at radius 1 is 0.387 bits per heavy atom. The minimum Gasteiger partial charge on any atom is -0.112 e. The van der Waals surface area contributed by atoms with Gasteiger partial charge in [-0.3, -0.25) is 0 Å². The Labute approximate surface area is 432 Å². The summed E-state index contributed by atoms with van der Waals surface area (Å²) in [6.45, 7) is 4.97. The van der Waals surface area contributed by atoms with Crippen LogP contribution in [0.2, 0.25) is 0 Å². The Balaban J connectivity index is 0.944. The zero-order valence-corrected chi connectivity index (χ0v) is 42.1. The zero-order chi connectivity index (χ0) is 45.2. The van der Waals surface area contributed by atoms with E-state index in [1.165, 1.54) is 32.1 Å². The summed E-state index contributed by atoms with van der Waals surface area (Å²) in [6.07, 6.45) is 6.70. The van der Waals surface area contributed by atoms with Gasteiger partial charge in [0.25, 0.3) is 0 Å². The molecule has 0 nitrogen and oxygen atoms in total. The molecule has 1 saturated carbocycles. The first kappa shape index (κ1) is 31.8. The van der Waals surface area contributed by atoms with E-state index in [2.05, 4.69) is 88.3 Å². The highest BCUT2D eigenvalue weighted by Gasteiger charge is 2.89. The third-order valence-corrected chi connectivity index (χ3v) is 34.2. The smallest absolute Gasteiger partial charge is 0.0645 e. The van der Waals surface area contributed by atoms with Crippen LogP contribution in [0.3, 0.4) is 0 Å². The number of fused-ring (bicyclic) bond motifs is 1. The van der Waals surface area contributed by atoms with Gasteiger partial charge in [-0.15, -0.1) is 11.8 Å². The molecule has 2 spiro atoms. The molecule has 0 bridgehead atoms. The SMILES string of the molecule is CCCCC(CC)Cc1cccc2c1SC13c4c5c6c7c8c9c%10c%11c%12c%13c%14c%15c(c%16c%13c%10c7c4-%16)C21C1C%15C2c4c7c%10c%13c%15c%16c%17c%18c%19c%20c%21c%22c%23c(c4c4c%22c%19c%16c%104)C2C%14C%12C%23C%21C%11C9C%20C%18C8C6C%17C%15C5C3C%13C71. The van der Waals surface area contributed by atoms with Gasteiger partial charge >= 0.3 is 0 Å². The van der Waals surface area contributed by atoms with E-state index in [9.17, 15) is 0 Å². The van der Waals surface area contributed by atoms with Gasteiger partial charge in [0, 0.05) is 10.3 Å². The third-order valence-electron chi connectivity index (χ3n) is 32.4. The second kappa shape index (κ2) is 7.72. The molecule has 11 aromatic rings. The number of hydrogen-bond donors (Lipinski definition) is 0. The summed E-state index contributed by atoms with van der Waals surface area (Å²) in [5, 5.41) is 30.9. The largest absolute Gasteiger partial charge is 0.112 e. The Morgan fingerprint density at radius 3 is 1.21 bits per heavy atom. The second-order valence-electron chi connectivity index (χ2n) is 31.5. The number of unbranched alkanes of at least 4 members (excludes halogenated alkanes) is 1. The molecular formula is C74H40S. The molecular weight excluding hydrogens is 921 g/mol. The van der Waals surface area contributed by atoms with Crippen molar-refractivity contribution < 1.29 is 0 Å². The molecule has 23 atom stereocenters. The first-order valence-electron chi connectivity index (χ1n) is 31.3. The lowest BCUT2D eigenvalue weighted by Crippen LogP contribution is -2.62. The summed E-state index contributed by atoms with van der Waals surface area (Å²) in [5.74, 6) is 14.2. The second-order valence-corrected chi connectivity index (χ2v) is 32.8. The monoisotopic (exact) mass is 960 g/mol. The molecule has 0 amide bonds. The van der Waals surface area contributed by atoms with Crippen molar-refractivity contribution in [3.8, 4) is 11.1 Å². The molecule has 0 aromatic heterocycles. The summed E-state index contributed by atoms with van der Waals surface area (Å²) in [6, 6.07) is 8.30. The molecule has 0 saturated heterocycles. The van der Waals surface area contributed by atoms with E-state index in [1.807, 2.05) is 175 Å². The van der Waals surface area contributed by atoms with Crippen LogP contribution in [0.15, 0.2) is 23.1 Å². The first-order chi connectivity index (χ1) is 37.3. The lowest BCUT2D eigenvalue weighted by Gasteiger charge is -2.65. The van der Waals surface area contributed by atoms with Gasteiger partial charge in [0.1, 0.15) is 0 Å². The van der Waals surface area contributed by atoms with E-state index in [1.54, 1.807) is 5.56 Å². The summed E-state index contributed by atoms with van der Waals surface area (Å²) in [5.41, 5.74) is 48.6. The maximum atomic E-state index is 2.90.